The fraction of sp³-hybridized carbons (Fsp3) is 0.200. The Balaban J connectivity index is 1.63. The zero-order valence-corrected chi connectivity index (χ0v) is 15.8. The van der Waals surface area contributed by atoms with Crippen molar-refractivity contribution in [3.05, 3.63) is 53.9 Å². The third kappa shape index (κ3) is 3.21. The van der Waals surface area contributed by atoms with Crippen molar-refractivity contribution in [2.24, 2.45) is 4.99 Å². The van der Waals surface area contributed by atoms with Crippen molar-refractivity contribution >= 4 is 28.0 Å². The first-order valence-corrected chi connectivity index (χ1v) is 9.98. The third-order valence-electron chi connectivity index (χ3n) is 4.67. The number of nitrogens with zero attached hydrogens (tertiary/aromatic N) is 5. The van der Waals surface area contributed by atoms with E-state index in [1.807, 2.05) is 22.0 Å². The summed E-state index contributed by atoms with van der Waals surface area (Å²) in [5.74, 6) is 0.180. The minimum absolute atomic E-state index is 0.271. The molecular formula is C20H17FN6S. The monoisotopic (exact) mass is 392 g/mol. The van der Waals surface area contributed by atoms with Gasteiger partial charge in [-0.3, -0.25) is 4.40 Å². The largest absolute Gasteiger partial charge is 0.311 e. The van der Waals surface area contributed by atoms with Gasteiger partial charge in [-0.1, -0.05) is 0 Å². The van der Waals surface area contributed by atoms with E-state index in [-0.39, 0.29) is 5.82 Å². The van der Waals surface area contributed by atoms with Gasteiger partial charge < -0.3 is 5.32 Å². The number of hydrogen-bond donors (Lipinski definition) is 1. The maximum Gasteiger partial charge on any atom is 0.249 e. The average Bonchev–Trinajstić information content (AvgIpc) is 3.31. The average molecular weight is 392 g/mol. The van der Waals surface area contributed by atoms with Gasteiger partial charge in [0, 0.05) is 35.6 Å². The number of hydrogen-bond acceptors (Lipinski definition) is 6. The molecule has 3 aromatic heterocycles. The number of halogens is 1. The highest BCUT2D eigenvalue weighted by Gasteiger charge is 2.18. The molecule has 28 heavy (non-hydrogen) atoms. The lowest BCUT2D eigenvalue weighted by Crippen LogP contribution is -2.29. The van der Waals surface area contributed by atoms with Crippen LogP contribution in [0.5, 0.6) is 0 Å². The van der Waals surface area contributed by atoms with Crippen LogP contribution in [0.3, 0.4) is 0 Å². The summed E-state index contributed by atoms with van der Waals surface area (Å²) < 4.78 is 15.4. The molecule has 6 nitrogen and oxygen atoms in total. The van der Waals surface area contributed by atoms with Gasteiger partial charge in [0.15, 0.2) is 4.96 Å². The molecule has 0 aliphatic carbocycles. The van der Waals surface area contributed by atoms with E-state index in [9.17, 15) is 4.39 Å². The molecule has 0 atom stereocenters. The normalized spacial score (nSPS) is 16.1. The first kappa shape index (κ1) is 17.2. The first-order valence-electron chi connectivity index (χ1n) is 9.10. The highest BCUT2D eigenvalue weighted by atomic mass is 32.1. The number of fused-ring (bicyclic) bond motifs is 1. The van der Waals surface area contributed by atoms with E-state index in [4.69, 9.17) is 4.98 Å². The highest BCUT2D eigenvalue weighted by Crippen LogP contribution is 2.33. The third-order valence-corrected chi connectivity index (χ3v) is 5.43. The standard InChI is InChI=1S/C20H17FN6S/c21-14-5-3-13(4-6-14)17-18(27-10-11-28-20(27)26-17)16-7-9-23-19(25-16)24-15-2-1-8-22-12-15/h3-7,9-11,22H,1-2,8,12H2/b24-15-. The summed E-state index contributed by atoms with van der Waals surface area (Å²) in [5.41, 5.74) is 4.27. The fourth-order valence-corrected chi connectivity index (χ4v) is 4.06. The number of aromatic nitrogens is 4. The first-order chi connectivity index (χ1) is 13.8. The van der Waals surface area contributed by atoms with E-state index < -0.39 is 0 Å². The molecule has 1 aliphatic heterocycles. The van der Waals surface area contributed by atoms with Crippen LogP contribution in [0.25, 0.3) is 27.6 Å². The summed E-state index contributed by atoms with van der Waals surface area (Å²) >= 11 is 1.55. The molecule has 0 amide bonds. The molecule has 140 valence electrons. The molecular weight excluding hydrogens is 375 g/mol. The van der Waals surface area contributed by atoms with Crippen LogP contribution in [0.1, 0.15) is 12.8 Å². The number of aliphatic imine (C=N–C) groups is 1. The molecule has 4 aromatic rings. The number of rotatable bonds is 3. The summed E-state index contributed by atoms with van der Waals surface area (Å²) in [7, 11) is 0. The van der Waals surface area contributed by atoms with Gasteiger partial charge in [0.1, 0.15) is 11.5 Å². The molecule has 0 saturated carbocycles. The van der Waals surface area contributed by atoms with Crippen molar-refractivity contribution in [3.8, 4) is 22.6 Å². The van der Waals surface area contributed by atoms with Crippen LogP contribution in [0.4, 0.5) is 10.3 Å². The van der Waals surface area contributed by atoms with Crippen LogP contribution in [-0.4, -0.2) is 38.2 Å². The predicted octanol–water partition coefficient (Wildman–Crippen LogP) is 4.11. The van der Waals surface area contributed by atoms with Crippen LogP contribution in [0, 0.1) is 5.82 Å². The van der Waals surface area contributed by atoms with Gasteiger partial charge in [-0.05, 0) is 49.7 Å². The second-order valence-electron chi connectivity index (χ2n) is 6.57. The molecule has 5 rings (SSSR count). The van der Waals surface area contributed by atoms with Crippen molar-refractivity contribution in [3.63, 3.8) is 0 Å². The number of piperidine rings is 1. The Morgan fingerprint density at radius 1 is 1.14 bits per heavy atom. The smallest absolute Gasteiger partial charge is 0.249 e. The molecule has 1 fully saturated rings. The Kier molecular flexibility index (Phi) is 4.42. The maximum atomic E-state index is 13.4. The van der Waals surface area contributed by atoms with E-state index in [2.05, 4.69) is 20.3 Å². The van der Waals surface area contributed by atoms with Crippen LogP contribution >= 0.6 is 11.3 Å². The fourth-order valence-electron chi connectivity index (χ4n) is 3.35. The predicted molar refractivity (Wildman–Crippen MR) is 109 cm³/mol. The molecule has 1 saturated heterocycles. The SMILES string of the molecule is Fc1ccc(-c2nc3sccn3c2-c2ccnc(/N=C3/CCCNC3)n2)cc1. The zero-order chi connectivity index (χ0) is 18.9. The minimum Gasteiger partial charge on any atom is -0.311 e. The Morgan fingerprint density at radius 3 is 2.86 bits per heavy atom. The lowest BCUT2D eigenvalue weighted by atomic mass is 10.1. The molecule has 0 unspecified atom stereocenters. The van der Waals surface area contributed by atoms with Crippen LogP contribution < -0.4 is 5.32 Å². The molecule has 0 radical (unpaired) electrons. The van der Waals surface area contributed by atoms with Crippen LogP contribution in [0.2, 0.25) is 0 Å². The van der Waals surface area contributed by atoms with Gasteiger partial charge in [-0.25, -0.2) is 24.3 Å². The van der Waals surface area contributed by atoms with Gasteiger partial charge in [0.2, 0.25) is 5.95 Å². The number of nitrogens with one attached hydrogen (secondary N) is 1. The lowest BCUT2D eigenvalue weighted by Gasteiger charge is -2.13. The highest BCUT2D eigenvalue weighted by molar-refractivity contribution is 7.15. The molecule has 1 N–H and O–H groups in total. The van der Waals surface area contributed by atoms with Crippen LogP contribution in [-0.2, 0) is 0 Å². The number of thiazole rings is 1. The summed E-state index contributed by atoms with van der Waals surface area (Å²) in [6.45, 7) is 1.79. The maximum absolute atomic E-state index is 13.4. The van der Waals surface area contributed by atoms with Gasteiger partial charge in [-0.15, -0.1) is 11.3 Å². The second-order valence-corrected chi connectivity index (χ2v) is 7.44. The van der Waals surface area contributed by atoms with Gasteiger partial charge in [-0.2, -0.15) is 0 Å². The Bertz CT molecular complexity index is 1150. The Labute approximate surface area is 164 Å². The summed E-state index contributed by atoms with van der Waals surface area (Å²) in [4.78, 5) is 19.2. The van der Waals surface area contributed by atoms with Gasteiger partial charge in [0.05, 0.1) is 11.4 Å². The van der Waals surface area contributed by atoms with Crippen molar-refractivity contribution in [2.45, 2.75) is 12.8 Å². The molecule has 4 heterocycles. The minimum atomic E-state index is -0.271. The lowest BCUT2D eigenvalue weighted by molar-refractivity contribution is 0.628. The second kappa shape index (κ2) is 7.21. The summed E-state index contributed by atoms with van der Waals surface area (Å²) in [5, 5.41) is 5.31. The quantitative estimate of drug-likeness (QED) is 0.570. The van der Waals surface area contributed by atoms with E-state index in [1.165, 1.54) is 12.1 Å². The van der Waals surface area contributed by atoms with E-state index in [1.54, 1.807) is 29.7 Å². The van der Waals surface area contributed by atoms with Crippen molar-refractivity contribution < 1.29 is 4.39 Å². The summed E-state index contributed by atoms with van der Waals surface area (Å²) in [6.07, 6.45) is 5.72. The van der Waals surface area contributed by atoms with E-state index in [0.29, 0.717) is 5.95 Å². The topological polar surface area (TPSA) is 67.5 Å². The van der Waals surface area contributed by atoms with E-state index in [0.717, 1.165) is 59.2 Å². The molecule has 1 aliphatic rings. The van der Waals surface area contributed by atoms with Crippen LogP contribution in [0.15, 0.2) is 53.1 Å². The number of imidazole rings is 1. The Hall–Kier alpha value is -2.97. The number of benzene rings is 1. The molecule has 0 bridgehead atoms. The molecule has 0 spiro atoms. The Morgan fingerprint density at radius 2 is 2.04 bits per heavy atom. The molecule has 8 heteroatoms. The summed E-state index contributed by atoms with van der Waals surface area (Å²) in [6, 6.07) is 8.22. The zero-order valence-electron chi connectivity index (χ0n) is 15.0. The van der Waals surface area contributed by atoms with Crippen molar-refractivity contribution in [2.75, 3.05) is 13.1 Å². The van der Waals surface area contributed by atoms with Crippen molar-refractivity contribution in [1.29, 1.82) is 0 Å². The van der Waals surface area contributed by atoms with E-state index >= 15 is 0 Å². The van der Waals surface area contributed by atoms with Gasteiger partial charge in [0.25, 0.3) is 0 Å². The van der Waals surface area contributed by atoms with Crippen molar-refractivity contribution in [1.82, 2.24) is 24.7 Å². The molecule has 1 aromatic carbocycles. The van der Waals surface area contributed by atoms with Gasteiger partial charge >= 0.3 is 0 Å².